The van der Waals surface area contributed by atoms with Gasteiger partial charge in [0.05, 0.1) is 0 Å². The number of nitrogens with zero attached hydrogens (tertiary/aromatic N) is 1. The van der Waals surface area contributed by atoms with Gasteiger partial charge in [0, 0.05) is 6.20 Å². The molecule has 4 saturated carbocycles. The highest BCUT2D eigenvalue weighted by Crippen LogP contribution is 2.59. The third-order valence-corrected chi connectivity index (χ3v) is 5.63. The van der Waals surface area contributed by atoms with Crippen molar-refractivity contribution in [1.29, 1.82) is 0 Å². The molecule has 19 heavy (non-hydrogen) atoms. The van der Waals surface area contributed by atoms with Crippen LogP contribution in [-0.2, 0) is 0 Å². The molecule has 0 radical (unpaired) electrons. The molecule has 0 amide bonds. The first kappa shape index (κ1) is 11.4. The first-order valence-corrected chi connectivity index (χ1v) is 7.40. The van der Waals surface area contributed by atoms with Crippen molar-refractivity contribution in [1.82, 2.24) is 4.98 Å². The molecule has 4 fully saturated rings. The zero-order valence-electron chi connectivity index (χ0n) is 11.0. The van der Waals surface area contributed by atoms with Crippen molar-refractivity contribution < 1.29 is 9.90 Å². The van der Waals surface area contributed by atoms with Crippen molar-refractivity contribution >= 4 is 5.97 Å². The van der Waals surface area contributed by atoms with E-state index in [4.69, 9.17) is 0 Å². The Hall–Kier alpha value is -1.38. The van der Waals surface area contributed by atoms with E-state index in [9.17, 15) is 9.90 Å². The molecule has 0 unspecified atom stereocenters. The Balaban J connectivity index is 1.75. The van der Waals surface area contributed by atoms with Gasteiger partial charge in [-0.2, -0.15) is 0 Å². The molecule has 100 valence electrons. The molecule has 3 heteroatoms. The summed E-state index contributed by atoms with van der Waals surface area (Å²) in [4.78, 5) is 15.5. The second-order valence-corrected chi connectivity index (χ2v) is 6.70. The number of carboxylic acids is 1. The Morgan fingerprint density at radius 1 is 1.11 bits per heavy atom. The average molecular weight is 257 g/mol. The number of carboxylic acid groups (broad SMARTS) is 1. The van der Waals surface area contributed by atoms with E-state index in [0.717, 1.165) is 17.4 Å². The van der Waals surface area contributed by atoms with Gasteiger partial charge in [-0.05, 0) is 73.3 Å². The molecule has 1 aromatic heterocycles. The van der Waals surface area contributed by atoms with Crippen LogP contribution in [0.2, 0.25) is 0 Å². The fourth-order valence-electron chi connectivity index (χ4n) is 5.30. The highest BCUT2D eigenvalue weighted by Gasteiger charge is 2.49. The van der Waals surface area contributed by atoms with Crippen molar-refractivity contribution in [2.24, 2.45) is 23.7 Å². The van der Waals surface area contributed by atoms with Gasteiger partial charge in [-0.3, -0.25) is 0 Å². The van der Waals surface area contributed by atoms with E-state index in [1.807, 2.05) is 12.1 Å². The fraction of sp³-hybridized carbons (Fsp3) is 0.625. The first-order valence-electron chi connectivity index (χ1n) is 7.40. The lowest BCUT2D eigenvalue weighted by molar-refractivity contribution is -0.00329. The summed E-state index contributed by atoms with van der Waals surface area (Å²) in [6.45, 7) is 0. The maximum absolute atomic E-state index is 11.4. The molecule has 3 nitrogen and oxygen atoms in total. The lowest BCUT2D eigenvalue weighted by atomic mass is 9.50. The molecule has 0 spiro atoms. The minimum atomic E-state index is -0.871. The summed E-state index contributed by atoms with van der Waals surface area (Å²) in [6, 6.07) is 3.90. The van der Waals surface area contributed by atoms with Gasteiger partial charge in [0.25, 0.3) is 0 Å². The molecule has 1 N–H and O–H groups in total. The van der Waals surface area contributed by atoms with Crippen molar-refractivity contribution in [3.63, 3.8) is 0 Å². The van der Waals surface area contributed by atoms with Gasteiger partial charge in [0.1, 0.15) is 0 Å². The summed E-state index contributed by atoms with van der Waals surface area (Å²) in [6.07, 6.45) is 8.27. The van der Waals surface area contributed by atoms with E-state index in [1.165, 1.54) is 32.1 Å². The van der Waals surface area contributed by atoms with Crippen LogP contribution in [0.4, 0.5) is 0 Å². The SMILES string of the molecule is O=C(O)c1ncccc1C1C2CC3CC(C2)CC1C3. The molecular formula is C16H19NO2. The molecular weight excluding hydrogens is 238 g/mol. The number of pyridine rings is 1. The van der Waals surface area contributed by atoms with Gasteiger partial charge in [-0.1, -0.05) is 6.07 Å². The molecule has 0 aliphatic heterocycles. The standard InChI is InChI=1S/C16H19NO2/c18-16(19)15-13(2-1-3-17-15)14-11-5-9-4-10(7-11)8-12(14)6-9/h1-3,9-12,14H,4-8H2,(H,18,19). The highest BCUT2D eigenvalue weighted by atomic mass is 16.4. The van der Waals surface area contributed by atoms with E-state index in [-0.39, 0.29) is 0 Å². The number of aromatic carboxylic acids is 1. The van der Waals surface area contributed by atoms with Crippen molar-refractivity contribution in [2.75, 3.05) is 0 Å². The monoisotopic (exact) mass is 257 g/mol. The predicted molar refractivity (Wildman–Crippen MR) is 71.0 cm³/mol. The molecule has 4 aliphatic rings. The van der Waals surface area contributed by atoms with Gasteiger partial charge < -0.3 is 5.11 Å². The number of hydrogen-bond acceptors (Lipinski definition) is 2. The Bertz CT molecular complexity index is 497. The maximum atomic E-state index is 11.4. The Morgan fingerprint density at radius 3 is 2.32 bits per heavy atom. The second-order valence-electron chi connectivity index (χ2n) is 6.70. The summed E-state index contributed by atoms with van der Waals surface area (Å²) in [7, 11) is 0. The topological polar surface area (TPSA) is 50.2 Å². The van der Waals surface area contributed by atoms with Crippen LogP contribution >= 0.6 is 0 Å². The third-order valence-electron chi connectivity index (χ3n) is 5.63. The summed E-state index contributed by atoms with van der Waals surface area (Å²) < 4.78 is 0. The molecule has 0 aromatic carbocycles. The molecule has 1 heterocycles. The van der Waals surface area contributed by atoms with Crippen molar-refractivity contribution in [3.05, 3.63) is 29.6 Å². The lowest BCUT2D eigenvalue weighted by Crippen LogP contribution is -2.44. The summed E-state index contributed by atoms with van der Waals surface area (Å²) >= 11 is 0. The second kappa shape index (κ2) is 4.06. The number of aromatic nitrogens is 1. The number of carbonyl (C=O) groups is 1. The predicted octanol–water partition coefficient (Wildman–Crippen LogP) is 3.32. The van der Waals surface area contributed by atoms with Gasteiger partial charge in [0.15, 0.2) is 5.69 Å². The van der Waals surface area contributed by atoms with E-state index >= 15 is 0 Å². The van der Waals surface area contributed by atoms with Gasteiger partial charge in [-0.25, -0.2) is 9.78 Å². The van der Waals surface area contributed by atoms with E-state index in [1.54, 1.807) is 6.20 Å². The summed E-state index contributed by atoms with van der Waals surface area (Å²) in [5.74, 6) is 2.83. The Kier molecular flexibility index (Phi) is 2.44. The highest BCUT2D eigenvalue weighted by molar-refractivity contribution is 5.87. The van der Waals surface area contributed by atoms with E-state index in [2.05, 4.69) is 4.98 Å². The first-order chi connectivity index (χ1) is 9.22. The molecule has 0 saturated heterocycles. The van der Waals surface area contributed by atoms with Crippen LogP contribution in [0.5, 0.6) is 0 Å². The van der Waals surface area contributed by atoms with Crippen LogP contribution in [-0.4, -0.2) is 16.1 Å². The van der Waals surface area contributed by atoms with Crippen LogP contribution in [0, 0.1) is 23.7 Å². The summed E-state index contributed by atoms with van der Waals surface area (Å²) in [5, 5.41) is 9.36. The largest absolute Gasteiger partial charge is 0.477 e. The minimum absolute atomic E-state index is 0.292. The van der Waals surface area contributed by atoms with Gasteiger partial charge >= 0.3 is 5.97 Å². The fourth-order valence-corrected chi connectivity index (χ4v) is 5.30. The van der Waals surface area contributed by atoms with Crippen molar-refractivity contribution in [3.8, 4) is 0 Å². The zero-order valence-corrected chi connectivity index (χ0v) is 11.0. The van der Waals surface area contributed by atoms with Crippen LogP contribution in [0.1, 0.15) is 54.1 Å². The average Bonchev–Trinajstić information content (AvgIpc) is 2.37. The van der Waals surface area contributed by atoms with E-state index in [0.29, 0.717) is 23.4 Å². The molecule has 1 aromatic rings. The van der Waals surface area contributed by atoms with Crippen LogP contribution < -0.4 is 0 Å². The summed E-state index contributed by atoms with van der Waals surface area (Å²) in [5.41, 5.74) is 1.30. The Labute approximate surface area is 113 Å². The maximum Gasteiger partial charge on any atom is 0.354 e. The normalized spacial score (nSPS) is 39.5. The van der Waals surface area contributed by atoms with Gasteiger partial charge in [0.2, 0.25) is 0 Å². The minimum Gasteiger partial charge on any atom is -0.477 e. The van der Waals surface area contributed by atoms with Crippen LogP contribution in [0.25, 0.3) is 0 Å². The zero-order chi connectivity index (χ0) is 13.0. The molecule has 4 aliphatic carbocycles. The van der Waals surface area contributed by atoms with Crippen molar-refractivity contribution in [2.45, 2.75) is 38.0 Å². The molecule has 4 bridgehead atoms. The molecule has 5 rings (SSSR count). The number of rotatable bonds is 2. The number of hydrogen-bond donors (Lipinski definition) is 1. The van der Waals surface area contributed by atoms with Crippen LogP contribution in [0.3, 0.4) is 0 Å². The smallest absolute Gasteiger partial charge is 0.354 e. The molecule has 0 atom stereocenters. The van der Waals surface area contributed by atoms with E-state index < -0.39 is 5.97 Å². The quantitative estimate of drug-likeness (QED) is 0.884. The Morgan fingerprint density at radius 2 is 1.74 bits per heavy atom. The lowest BCUT2D eigenvalue weighted by Gasteiger charge is -2.54. The van der Waals surface area contributed by atoms with Gasteiger partial charge in [-0.15, -0.1) is 0 Å². The van der Waals surface area contributed by atoms with Crippen LogP contribution in [0.15, 0.2) is 18.3 Å². The third kappa shape index (κ3) is 1.71.